The van der Waals surface area contributed by atoms with Gasteiger partial charge in [0.1, 0.15) is 0 Å². The number of ether oxygens (including phenoxy) is 2. The summed E-state index contributed by atoms with van der Waals surface area (Å²) in [5, 5.41) is 12.2. The molecule has 1 aromatic carbocycles. The lowest BCUT2D eigenvalue weighted by Crippen LogP contribution is -2.33. The minimum atomic E-state index is -0.0203. The molecule has 1 unspecified atom stereocenters. The van der Waals surface area contributed by atoms with Crippen LogP contribution in [-0.2, 0) is 20.8 Å². The van der Waals surface area contributed by atoms with Crippen LogP contribution in [0.1, 0.15) is 12.8 Å². The molecule has 140 valence electrons. The molecule has 0 radical (unpaired) electrons. The molecule has 0 bridgehead atoms. The molecule has 8 heteroatoms. The summed E-state index contributed by atoms with van der Waals surface area (Å²) in [5.74, 6) is 1.06. The Hall–Kier alpha value is -1.90. The van der Waals surface area contributed by atoms with Gasteiger partial charge in [-0.15, -0.1) is 10.2 Å². The largest absolute Gasteiger partial charge is 0.383 e. The van der Waals surface area contributed by atoms with E-state index >= 15 is 0 Å². The summed E-state index contributed by atoms with van der Waals surface area (Å²) in [6.45, 7) is 2.55. The van der Waals surface area contributed by atoms with Crippen molar-refractivity contribution in [3.8, 4) is 11.4 Å². The standard InChI is InChI=1S/C18H24N4O3S/c1-24-11-9-22-17(14-6-3-2-4-7-14)20-21-18(22)26-13-16(23)19-12-15-8-5-10-25-15/h2-4,6-7,15H,5,8-13H2,1H3,(H,19,23). The second-order valence-electron chi connectivity index (χ2n) is 6.04. The third-order valence-electron chi connectivity index (χ3n) is 4.15. The van der Waals surface area contributed by atoms with Crippen molar-refractivity contribution in [3.63, 3.8) is 0 Å². The number of thioether (sulfide) groups is 1. The molecular weight excluding hydrogens is 352 g/mol. The summed E-state index contributed by atoms with van der Waals surface area (Å²) >= 11 is 1.38. The number of nitrogens with zero attached hydrogens (tertiary/aromatic N) is 3. The van der Waals surface area contributed by atoms with Crippen LogP contribution in [-0.4, -0.2) is 59.4 Å². The quantitative estimate of drug-likeness (QED) is 0.674. The van der Waals surface area contributed by atoms with Crippen molar-refractivity contribution in [3.05, 3.63) is 30.3 Å². The van der Waals surface area contributed by atoms with E-state index in [9.17, 15) is 4.79 Å². The van der Waals surface area contributed by atoms with E-state index in [-0.39, 0.29) is 12.0 Å². The van der Waals surface area contributed by atoms with Gasteiger partial charge in [-0.2, -0.15) is 0 Å². The fourth-order valence-electron chi connectivity index (χ4n) is 2.79. The summed E-state index contributed by atoms with van der Waals surface area (Å²) in [4.78, 5) is 12.1. The first-order valence-electron chi connectivity index (χ1n) is 8.76. The lowest BCUT2D eigenvalue weighted by atomic mass is 10.2. The number of rotatable bonds is 9. The minimum absolute atomic E-state index is 0.0203. The Morgan fingerprint density at radius 2 is 2.23 bits per heavy atom. The number of carbonyl (C=O) groups excluding carboxylic acids is 1. The second kappa shape index (κ2) is 9.70. The molecule has 2 heterocycles. The van der Waals surface area contributed by atoms with Crippen molar-refractivity contribution < 1.29 is 14.3 Å². The van der Waals surface area contributed by atoms with Gasteiger partial charge in [0.2, 0.25) is 5.91 Å². The molecule has 0 spiro atoms. The minimum Gasteiger partial charge on any atom is -0.383 e. The maximum Gasteiger partial charge on any atom is 0.230 e. The first-order valence-corrected chi connectivity index (χ1v) is 9.75. The van der Waals surface area contributed by atoms with Gasteiger partial charge in [0, 0.05) is 25.8 Å². The number of nitrogens with one attached hydrogen (secondary N) is 1. The van der Waals surface area contributed by atoms with Gasteiger partial charge in [-0.1, -0.05) is 42.1 Å². The Kier molecular flexibility index (Phi) is 7.04. The Labute approximate surface area is 157 Å². The summed E-state index contributed by atoms with van der Waals surface area (Å²) in [6.07, 6.45) is 2.23. The van der Waals surface area contributed by atoms with Crippen LogP contribution in [0.4, 0.5) is 0 Å². The number of methoxy groups -OCH3 is 1. The summed E-state index contributed by atoms with van der Waals surface area (Å²) in [6, 6.07) is 9.89. The molecular formula is C18H24N4O3S. The van der Waals surface area contributed by atoms with E-state index in [0.29, 0.717) is 30.6 Å². The molecule has 0 saturated carbocycles. The number of hydrogen-bond donors (Lipinski definition) is 1. The third kappa shape index (κ3) is 5.06. The molecule has 1 N–H and O–H groups in total. The van der Waals surface area contributed by atoms with E-state index in [4.69, 9.17) is 9.47 Å². The monoisotopic (exact) mass is 376 g/mol. The van der Waals surface area contributed by atoms with Crippen LogP contribution < -0.4 is 5.32 Å². The van der Waals surface area contributed by atoms with E-state index in [1.54, 1.807) is 7.11 Å². The first kappa shape index (κ1) is 18.9. The molecule has 1 fully saturated rings. The number of benzene rings is 1. The summed E-state index contributed by atoms with van der Waals surface area (Å²) < 4.78 is 12.7. The molecule has 7 nitrogen and oxygen atoms in total. The van der Waals surface area contributed by atoms with Crippen LogP contribution in [0.3, 0.4) is 0 Å². The van der Waals surface area contributed by atoms with Crippen molar-refractivity contribution in [2.45, 2.75) is 30.6 Å². The van der Waals surface area contributed by atoms with E-state index in [2.05, 4.69) is 15.5 Å². The molecule has 1 saturated heterocycles. The molecule has 0 aliphatic carbocycles. The van der Waals surface area contributed by atoms with Gasteiger partial charge in [0.05, 0.1) is 25.0 Å². The van der Waals surface area contributed by atoms with Gasteiger partial charge in [0.15, 0.2) is 11.0 Å². The lowest BCUT2D eigenvalue weighted by molar-refractivity contribution is -0.119. The molecule has 1 aliphatic rings. The average Bonchev–Trinajstić information content (AvgIpc) is 3.33. The molecule has 1 aromatic heterocycles. The zero-order chi connectivity index (χ0) is 18.2. The smallest absolute Gasteiger partial charge is 0.230 e. The number of amides is 1. The highest BCUT2D eigenvalue weighted by molar-refractivity contribution is 7.99. The zero-order valence-electron chi connectivity index (χ0n) is 14.9. The topological polar surface area (TPSA) is 78.3 Å². The Bertz CT molecular complexity index is 702. The Morgan fingerprint density at radius 1 is 1.38 bits per heavy atom. The molecule has 1 atom stereocenters. The fourth-order valence-corrected chi connectivity index (χ4v) is 3.59. The first-order chi connectivity index (χ1) is 12.8. The van der Waals surface area contributed by atoms with Crippen LogP contribution in [0.25, 0.3) is 11.4 Å². The molecule has 1 amide bonds. The van der Waals surface area contributed by atoms with Crippen molar-refractivity contribution in [1.82, 2.24) is 20.1 Å². The van der Waals surface area contributed by atoms with Gasteiger partial charge in [0.25, 0.3) is 0 Å². The summed E-state index contributed by atoms with van der Waals surface area (Å²) in [7, 11) is 1.66. The maximum absolute atomic E-state index is 12.1. The third-order valence-corrected chi connectivity index (χ3v) is 5.12. The molecule has 2 aromatic rings. The second-order valence-corrected chi connectivity index (χ2v) is 6.99. The Balaban J connectivity index is 1.61. The predicted octanol–water partition coefficient (Wildman–Crippen LogP) is 1.98. The number of aromatic nitrogens is 3. The number of hydrogen-bond acceptors (Lipinski definition) is 6. The van der Waals surface area contributed by atoms with Crippen molar-refractivity contribution >= 4 is 17.7 Å². The van der Waals surface area contributed by atoms with Crippen LogP contribution in [0.5, 0.6) is 0 Å². The van der Waals surface area contributed by atoms with Gasteiger partial charge < -0.3 is 14.8 Å². The fraction of sp³-hybridized carbons (Fsp3) is 0.500. The summed E-state index contributed by atoms with van der Waals surface area (Å²) in [5.41, 5.74) is 0.991. The van der Waals surface area contributed by atoms with Crippen molar-refractivity contribution in [2.24, 2.45) is 0 Å². The maximum atomic E-state index is 12.1. The highest BCUT2D eigenvalue weighted by Crippen LogP contribution is 2.23. The van der Waals surface area contributed by atoms with Crippen LogP contribution in [0, 0.1) is 0 Å². The normalized spacial score (nSPS) is 16.7. The van der Waals surface area contributed by atoms with Gasteiger partial charge in [-0.05, 0) is 12.8 Å². The molecule has 1 aliphatic heterocycles. The SMILES string of the molecule is COCCn1c(SCC(=O)NCC2CCCO2)nnc1-c1ccccc1. The lowest BCUT2D eigenvalue weighted by Gasteiger charge is -2.11. The average molecular weight is 376 g/mol. The van der Waals surface area contributed by atoms with Crippen LogP contribution in [0.15, 0.2) is 35.5 Å². The van der Waals surface area contributed by atoms with E-state index in [1.165, 1.54) is 11.8 Å². The van der Waals surface area contributed by atoms with Crippen molar-refractivity contribution in [2.75, 3.05) is 32.6 Å². The van der Waals surface area contributed by atoms with Crippen LogP contribution in [0.2, 0.25) is 0 Å². The van der Waals surface area contributed by atoms with E-state index in [0.717, 1.165) is 30.8 Å². The molecule has 26 heavy (non-hydrogen) atoms. The predicted molar refractivity (Wildman–Crippen MR) is 100 cm³/mol. The van der Waals surface area contributed by atoms with E-state index < -0.39 is 0 Å². The van der Waals surface area contributed by atoms with Crippen molar-refractivity contribution in [1.29, 1.82) is 0 Å². The van der Waals surface area contributed by atoms with Gasteiger partial charge in [-0.3, -0.25) is 9.36 Å². The highest BCUT2D eigenvalue weighted by atomic mass is 32.2. The highest BCUT2D eigenvalue weighted by Gasteiger charge is 2.18. The Morgan fingerprint density at radius 3 is 2.96 bits per heavy atom. The zero-order valence-corrected chi connectivity index (χ0v) is 15.7. The van der Waals surface area contributed by atoms with Gasteiger partial charge >= 0.3 is 0 Å². The number of carbonyl (C=O) groups is 1. The molecule has 3 rings (SSSR count). The van der Waals surface area contributed by atoms with Gasteiger partial charge in [-0.25, -0.2) is 0 Å². The van der Waals surface area contributed by atoms with E-state index in [1.807, 2.05) is 34.9 Å². The van der Waals surface area contributed by atoms with Crippen LogP contribution >= 0.6 is 11.8 Å².